The molecule has 0 aliphatic carbocycles. The molecule has 0 saturated carbocycles. The average molecular weight is 456 g/mol. The quantitative estimate of drug-likeness (QED) is 0.642. The molecule has 1 aromatic carbocycles. The number of nitrogens with zero attached hydrogens (tertiary/aromatic N) is 4. The minimum atomic E-state index is -4.85. The van der Waals surface area contributed by atoms with Crippen LogP contribution in [0.2, 0.25) is 0 Å². The topological polar surface area (TPSA) is 81.9 Å². The van der Waals surface area contributed by atoms with Crippen molar-refractivity contribution in [2.24, 2.45) is 0 Å². The van der Waals surface area contributed by atoms with E-state index in [1.54, 1.807) is 18.2 Å². The number of halogens is 4. The SMILES string of the molecule is COc1ccc(-n2ncc(C(=O)Nc3ccc(C)cc3Br)c2C(F)(F)F)nn1. The molecular weight excluding hydrogens is 443 g/mol. The third-order valence-corrected chi connectivity index (χ3v) is 4.36. The van der Waals surface area contributed by atoms with Crippen molar-refractivity contribution in [1.29, 1.82) is 0 Å². The average Bonchev–Trinajstić information content (AvgIpc) is 3.10. The van der Waals surface area contributed by atoms with Crippen molar-refractivity contribution in [1.82, 2.24) is 20.0 Å². The minimum absolute atomic E-state index is 0.131. The number of nitrogens with one attached hydrogen (secondary N) is 1. The summed E-state index contributed by atoms with van der Waals surface area (Å²) >= 11 is 3.27. The summed E-state index contributed by atoms with van der Waals surface area (Å²) < 4.78 is 46.9. The zero-order valence-corrected chi connectivity index (χ0v) is 16.2. The second-order valence-electron chi connectivity index (χ2n) is 5.69. The number of methoxy groups -OCH3 is 1. The lowest BCUT2D eigenvalue weighted by molar-refractivity contribution is -0.143. The number of alkyl halides is 3. The molecule has 7 nitrogen and oxygen atoms in total. The molecule has 0 atom stereocenters. The molecule has 0 aliphatic heterocycles. The van der Waals surface area contributed by atoms with Gasteiger partial charge in [0.25, 0.3) is 5.91 Å². The summed E-state index contributed by atoms with van der Waals surface area (Å²) in [5.41, 5.74) is -0.641. The first kappa shape index (κ1) is 19.8. The highest BCUT2D eigenvalue weighted by molar-refractivity contribution is 9.10. The molecule has 28 heavy (non-hydrogen) atoms. The van der Waals surface area contributed by atoms with Crippen LogP contribution in [0.3, 0.4) is 0 Å². The lowest BCUT2D eigenvalue weighted by Crippen LogP contribution is -2.21. The van der Waals surface area contributed by atoms with Gasteiger partial charge in [-0.2, -0.15) is 18.3 Å². The van der Waals surface area contributed by atoms with E-state index in [1.807, 2.05) is 6.92 Å². The molecule has 1 amide bonds. The zero-order valence-electron chi connectivity index (χ0n) is 14.6. The van der Waals surface area contributed by atoms with Crippen LogP contribution in [0.25, 0.3) is 5.82 Å². The zero-order chi connectivity index (χ0) is 20.5. The van der Waals surface area contributed by atoms with Crippen molar-refractivity contribution in [2.45, 2.75) is 13.1 Å². The van der Waals surface area contributed by atoms with E-state index < -0.39 is 23.3 Å². The van der Waals surface area contributed by atoms with Gasteiger partial charge in [-0.1, -0.05) is 6.07 Å². The number of aryl methyl sites for hydroxylation is 1. The highest BCUT2D eigenvalue weighted by Crippen LogP contribution is 2.34. The van der Waals surface area contributed by atoms with Crippen molar-refractivity contribution >= 4 is 27.5 Å². The first-order valence-corrected chi connectivity index (χ1v) is 8.61. The minimum Gasteiger partial charge on any atom is -0.480 e. The predicted molar refractivity (Wildman–Crippen MR) is 97.5 cm³/mol. The Morgan fingerprint density at radius 2 is 1.96 bits per heavy atom. The molecule has 1 N–H and O–H groups in total. The van der Waals surface area contributed by atoms with Crippen LogP contribution < -0.4 is 10.1 Å². The van der Waals surface area contributed by atoms with Crippen molar-refractivity contribution in [2.75, 3.05) is 12.4 Å². The first-order valence-electron chi connectivity index (χ1n) is 7.81. The summed E-state index contributed by atoms with van der Waals surface area (Å²) in [6.45, 7) is 1.85. The molecule has 0 bridgehead atoms. The summed E-state index contributed by atoms with van der Waals surface area (Å²) in [6, 6.07) is 7.64. The van der Waals surface area contributed by atoms with Gasteiger partial charge < -0.3 is 10.1 Å². The Morgan fingerprint density at radius 1 is 1.21 bits per heavy atom. The molecule has 0 aliphatic rings. The van der Waals surface area contributed by atoms with Crippen LogP contribution in [-0.2, 0) is 6.18 Å². The Labute approximate surface area is 165 Å². The summed E-state index contributed by atoms with van der Waals surface area (Å²) in [5.74, 6) is -1.03. The fourth-order valence-electron chi connectivity index (χ4n) is 2.41. The van der Waals surface area contributed by atoms with Gasteiger partial charge >= 0.3 is 6.18 Å². The standard InChI is InChI=1S/C17H13BrF3N5O2/c1-9-3-4-12(11(18)7-9)23-16(27)10-8-22-26(15(10)17(19,20)21)13-5-6-14(28-2)25-24-13/h3-8H,1-2H3,(H,23,27). The van der Waals surface area contributed by atoms with Gasteiger partial charge in [0.2, 0.25) is 5.88 Å². The largest absolute Gasteiger partial charge is 0.480 e. The smallest absolute Gasteiger partial charge is 0.434 e. The lowest BCUT2D eigenvalue weighted by Gasteiger charge is -2.13. The van der Waals surface area contributed by atoms with Gasteiger partial charge in [-0.05, 0) is 46.6 Å². The predicted octanol–water partition coefficient (Wildman–Crippen LogP) is 4.01. The van der Waals surface area contributed by atoms with E-state index in [1.165, 1.54) is 19.2 Å². The van der Waals surface area contributed by atoms with Gasteiger partial charge in [0.05, 0.1) is 24.6 Å². The van der Waals surface area contributed by atoms with Gasteiger partial charge in [0.15, 0.2) is 11.5 Å². The van der Waals surface area contributed by atoms with Crippen LogP contribution in [0.5, 0.6) is 5.88 Å². The summed E-state index contributed by atoms with van der Waals surface area (Å²) in [4.78, 5) is 12.5. The van der Waals surface area contributed by atoms with Crippen LogP contribution >= 0.6 is 15.9 Å². The van der Waals surface area contributed by atoms with Gasteiger partial charge in [-0.25, -0.2) is 4.68 Å². The molecule has 11 heteroatoms. The monoisotopic (exact) mass is 455 g/mol. The molecule has 0 radical (unpaired) electrons. The number of carbonyl (C=O) groups is 1. The first-order chi connectivity index (χ1) is 13.2. The number of benzene rings is 1. The fourth-order valence-corrected chi connectivity index (χ4v) is 3.00. The Bertz CT molecular complexity index is 1020. The molecule has 0 spiro atoms. The van der Waals surface area contributed by atoms with Crippen molar-refractivity contribution < 1.29 is 22.7 Å². The Balaban J connectivity index is 2.01. The van der Waals surface area contributed by atoms with Crippen molar-refractivity contribution in [3.63, 3.8) is 0 Å². The summed E-state index contributed by atoms with van der Waals surface area (Å²) in [5, 5.41) is 13.4. The number of anilines is 1. The molecule has 0 saturated heterocycles. The Kier molecular flexibility index (Phi) is 5.36. The van der Waals surface area contributed by atoms with E-state index in [0.29, 0.717) is 14.8 Å². The number of amides is 1. The lowest BCUT2D eigenvalue weighted by atomic mass is 10.2. The maximum Gasteiger partial charge on any atom is 0.434 e. The normalized spacial score (nSPS) is 11.4. The number of hydrogen-bond donors (Lipinski definition) is 1. The summed E-state index contributed by atoms with van der Waals surface area (Å²) in [6.07, 6.45) is -4.01. The van der Waals surface area contributed by atoms with Crippen LogP contribution in [0.1, 0.15) is 21.6 Å². The van der Waals surface area contributed by atoms with Crippen LogP contribution in [0, 0.1) is 6.92 Å². The third kappa shape index (κ3) is 3.98. The maximum atomic E-state index is 13.7. The maximum absolute atomic E-state index is 13.7. The summed E-state index contributed by atoms with van der Waals surface area (Å²) in [7, 11) is 1.35. The number of hydrogen-bond acceptors (Lipinski definition) is 5. The van der Waals surface area contributed by atoms with Gasteiger partial charge in [-0.3, -0.25) is 4.79 Å². The molecule has 2 aromatic heterocycles. The van der Waals surface area contributed by atoms with Gasteiger partial charge in [-0.15, -0.1) is 10.2 Å². The second kappa shape index (κ2) is 7.58. The Morgan fingerprint density at radius 3 is 2.54 bits per heavy atom. The molecular formula is C17H13BrF3N5O2. The van der Waals surface area contributed by atoms with Crippen molar-refractivity contribution in [3.8, 4) is 11.7 Å². The number of ether oxygens (including phenoxy) is 1. The van der Waals surface area contributed by atoms with E-state index in [9.17, 15) is 18.0 Å². The molecule has 2 heterocycles. The molecule has 0 unspecified atom stereocenters. The third-order valence-electron chi connectivity index (χ3n) is 3.71. The highest BCUT2D eigenvalue weighted by Gasteiger charge is 2.41. The molecule has 3 rings (SSSR count). The molecule has 146 valence electrons. The molecule has 0 fully saturated rings. The van der Waals surface area contributed by atoms with Crippen LogP contribution in [0.4, 0.5) is 18.9 Å². The second-order valence-corrected chi connectivity index (χ2v) is 6.54. The molecule has 3 aromatic rings. The van der Waals surface area contributed by atoms with E-state index in [-0.39, 0.29) is 11.7 Å². The van der Waals surface area contributed by atoms with Crippen molar-refractivity contribution in [3.05, 3.63) is 57.8 Å². The highest BCUT2D eigenvalue weighted by atomic mass is 79.9. The number of carbonyl (C=O) groups excluding carboxylic acids is 1. The fraction of sp³-hybridized carbons (Fsp3) is 0.176. The van der Waals surface area contributed by atoms with E-state index >= 15 is 0 Å². The van der Waals surface area contributed by atoms with Gasteiger partial charge in [0, 0.05) is 10.5 Å². The van der Waals surface area contributed by atoms with E-state index in [2.05, 4.69) is 36.5 Å². The van der Waals surface area contributed by atoms with Crippen LogP contribution in [0.15, 0.2) is 41.0 Å². The Hall–Kier alpha value is -2.95. The van der Waals surface area contributed by atoms with Crippen LogP contribution in [-0.4, -0.2) is 33.0 Å². The van der Waals surface area contributed by atoms with Gasteiger partial charge in [0.1, 0.15) is 0 Å². The van der Waals surface area contributed by atoms with E-state index in [0.717, 1.165) is 11.8 Å². The number of rotatable bonds is 4. The van der Waals surface area contributed by atoms with E-state index in [4.69, 9.17) is 4.74 Å². The number of aromatic nitrogens is 4.